The quantitative estimate of drug-likeness (QED) is 0.554. The number of nitrogens with two attached hydrogens (primary N) is 2. The van der Waals surface area contributed by atoms with Crippen molar-refractivity contribution in [3.63, 3.8) is 0 Å². The molecule has 0 fully saturated rings. The van der Waals surface area contributed by atoms with Gasteiger partial charge in [-0.05, 0) is 12.8 Å². The maximum Gasteiger partial charge on any atom is 0.228 e. The number of primary amides is 2. The molecule has 0 bridgehead atoms. The highest BCUT2D eigenvalue weighted by Crippen LogP contribution is 2.25. The van der Waals surface area contributed by atoms with Crippen molar-refractivity contribution in [1.29, 1.82) is 0 Å². The van der Waals surface area contributed by atoms with Crippen molar-refractivity contribution in [1.82, 2.24) is 0 Å². The smallest absolute Gasteiger partial charge is 0.228 e. The van der Waals surface area contributed by atoms with Gasteiger partial charge in [0.05, 0.1) is 18.6 Å². The molecule has 6 nitrogen and oxygen atoms in total. The monoisotopic (exact) mass is 232 g/mol. The fourth-order valence-corrected chi connectivity index (χ4v) is 1.61. The van der Waals surface area contributed by atoms with Crippen LogP contribution in [0.2, 0.25) is 0 Å². The lowest BCUT2D eigenvalue weighted by Gasteiger charge is -2.28. The number of amides is 2. The minimum atomic E-state index is -0.876. The molecule has 0 unspecified atom stereocenters. The summed E-state index contributed by atoms with van der Waals surface area (Å²) in [7, 11) is 2.98. The summed E-state index contributed by atoms with van der Waals surface area (Å²) < 4.78 is 9.96. The first-order chi connectivity index (χ1) is 7.48. The highest BCUT2D eigenvalue weighted by Gasteiger charge is 2.36. The molecule has 16 heavy (non-hydrogen) atoms. The van der Waals surface area contributed by atoms with E-state index in [1.807, 2.05) is 0 Å². The van der Waals surface area contributed by atoms with Gasteiger partial charge < -0.3 is 20.9 Å². The molecule has 0 aromatic rings. The SMILES string of the molecule is COCC(CCCC(N)=O)(COC)C(N)=O. The van der Waals surface area contributed by atoms with Crippen molar-refractivity contribution in [2.75, 3.05) is 27.4 Å². The van der Waals surface area contributed by atoms with E-state index < -0.39 is 17.2 Å². The lowest BCUT2D eigenvalue weighted by molar-refractivity contribution is -0.136. The molecular formula is C10H20N2O4. The van der Waals surface area contributed by atoms with E-state index in [2.05, 4.69) is 0 Å². The fraction of sp³-hybridized carbons (Fsp3) is 0.800. The highest BCUT2D eigenvalue weighted by atomic mass is 16.5. The Morgan fingerprint density at radius 1 is 1.12 bits per heavy atom. The van der Waals surface area contributed by atoms with E-state index in [0.29, 0.717) is 12.8 Å². The topological polar surface area (TPSA) is 105 Å². The Morgan fingerprint density at radius 2 is 1.62 bits per heavy atom. The summed E-state index contributed by atoms with van der Waals surface area (Å²) in [5, 5.41) is 0. The lowest BCUT2D eigenvalue weighted by atomic mass is 9.83. The maximum atomic E-state index is 11.4. The van der Waals surface area contributed by atoms with Gasteiger partial charge >= 0.3 is 0 Å². The summed E-state index contributed by atoms with van der Waals surface area (Å²) in [6, 6.07) is 0. The summed E-state index contributed by atoms with van der Waals surface area (Å²) >= 11 is 0. The zero-order valence-corrected chi connectivity index (χ0v) is 9.82. The standard InChI is InChI=1S/C10H20N2O4/c1-15-6-10(7-16-2,9(12)14)5-3-4-8(11)13/h3-7H2,1-2H3,(H2,11,13)(H2,12,14). The number of ether oxygens (including phenoxy) is 2. The molecule has 0 heterocycles. The first kappa shape index (κ1) is 14.9. The number of rotatable bonds is 9. The molecule has 0 atom stereocenters. The Balaban J connectivity index is 4.48. The molecule has 0 aliphatic heterocycles. The van der Waals surface area contributed by atoms with Gasteiger partial charge in [-0.25, -0.2) is 0 Å². The predicted octanol–water partition coefficient (Wildman–Crippen LogP) is -0.593. The van der Waals surface area contributed by atoms with Crippen LogP contribution in [0.15, 0.2) is 0 Å². The second kappa shape index (κ2) is 7.19. The third-order valence-corrected chi connectivity index (χ3v) is 2.44. The first-order valence-corrected chi connectivity index (χ1v) is 5.04. The Labute approximate surface area is 95.3 Å². The maximum absolute atomic E-state index is 11.4. The minimum Gasteiger partial charge on any atom is -0.383 e. The van der Waals surface area contributed by atoms with Gasteiger partial charge in [0.2, 0.25) is 11.8 Å². The minimum absolute atomic E-state index is 0.176. The van der Waals surface area contributed by atoms with Gasteiger partial charge in [0.25, 0.3) is 0 Å². The van der Waals surface area contributed by atoms with E-state index in [-0.39, 0.29) is 19.6 Å². The fourth-order valence-electron chi connectivity index (χ4n) is 1.61. The third kappa shape index (κ3) is 4.59. The zero-order chi connectivity index (χ0) is 12.6. The molecule has 6 heteroatoms. The Bertz CT molecular complexity index is 237. The molecule has 0 rings (SSSR count). The van der Waals surface area contributed by atoms with E-state index >= 15 is 0 Å². The molecule has 0 aliphatic rings. The van der Waals surface area contributed by atoms with Crippen molar-refractivity contribution in [2.45, 2.75) is 19.3 Å². The van der Waals surface area contributed by atoms with E-state index in [1.54, 1.807) is 0 Å². The number of carbonyl (C=O) groups is 2. The second-order valence-corrected chi connectivity index (χ2v) is 3.83. The predicted molar refractivity (Wildman–Crippen MR) is 58.4 cm³/mol. The van der Waals surface area contributed by atoms with Crippen LogP contribution < -0.4 is 11.5 Å². The van der Waals surface area contributed by atoms with Crippen LogP contribution in [0, 0.1) is 5.41 Å². The summed E-state index contributed by atoms with van der Waals surface area (Å²) in [5.41, 5.74) is 9.50. The van der Waals surface area contributed by atoms with Crippen LogP contribution in [0.25, 0.3) is 0 Å². The summed E-state index contributed by atoms with van der Waals surface area (Å²) in [5.74, 6) is -0.881. The molecule has 0 saturated heterocycles. The van der Waals surface area contributed by atoms with Crippen molar-refractivity contribution >= 4 is 11.8 Å². The van der Waals surface area contributed by atoms with Crippen LogP contribution >= 0.6 is 0 Å². The van der Waals surface area contributed by atoms with E-state index in [4.69, 9.17) is 20.9 Å². The lowest BCUT2D eigenvalue weighted by Crippen LogP contribution is -2.44. The largest absolute Gasteiger partial charge is 0.383 e. The zero-order valence-electron chi connectivity index (χ0n) is 9.82. The van der Waals surface area contributed by atoms with E-state index in [0.717, 1.165) is 0 Å². The van der Waals surface area contributed by atoms with Crippen LogP contribution in [0.3, 0.4) is 0 Å². The van der Waals surface area contributed by atoms with Gasteiger partial charge in [-0.3, -0.25) is 9.59 Å². The molecule has 94 valence electrons. The third-order valence-electron chi connectivity index (χ3n) is 2.44. The number of hydrogen-bond acceptors (Lipinski definition) is 4. The van der Waals surface area contributed by atoms with Crippen LogP contribution in [-0.2, 0) is 19.1 Å². The first-order valence-electron chi connectivity index (χ1n) is 5.04. The summed E-state index contributed by atoms with van der Waals surface area (Å²) in [6.45, 7) is 0.351. The molecule has 0 aliphatic carbocycles. The van der Waals surface area contributed by atoms with Crippen LogP contribution in [0.4, 0.5) is 0 Å². The normalized spacial score (nSPS) is 11.4. The van der Waals surface area contributed by atoms with Crippen LogP contribution in [-0.4, -0.2) is 39.2 Å². The molecule has 2 amide bonds. The van der Waals surface area contributed by atoms with E-state index in [9.17, 15) is 9.59 Å². The van der Waals surface area contributed by atoms with E-state index in [1.165, 1.54) is 14.2 Å². The van der Waals surface area contributed by atoms with Gasteiger partial charge in [-0.1, -0.05) is 0 Å². The van der Waals surface area contributed by atoms with Crippen molar-refractivity contribution in [3.05, 3.63) is 0 Å². The van der Waals surface area contributed by atoms with Crippen LogP contribution in [0.1, 0.15) is 19.3 Å². The highest BCUT2D eigenvalue weighted by molar-refractivity contribution is 5.81. The van der Waals surface area contributed by atoms with Gasteiger partial charge in [0.15, 0.2) is 0 Å². The van der Waals surface area contributed by atoms with Gasteiger partial charge in [-0.2, -0.15) is 0 Å². The van der Waals surface area contributed by atoms with Crippen molar-refractivity contribution in [2.24, 2.45) is 16.9 Å². The summed E-state index contributed by atoms with van der Waals surface area (Å²) in [4.78, 5) is 22.0. The number of methoxy groups -OCH3 is 2. The molecule has 0 spiro atoms. The average Bonchev–Trinajstić information content (AvgIpc) is 2.17. The molecule has 0 aromatic carbocycles. The second-order valence-electron chi connectivity index (χ2n) is 3.83. The number of hydrogen-bond donors (Lipinski definition) is 2. The summed E-state index contributed by atoms with van der Waals surface area (Å²) in [6.07, 6.45) is 1.14. The molecular weight excluding hydrogens is 212 g/mol. The molecule has 4 N–H and O–H groups in total. The van der Waals surface area contributed by atoms with Gasteiger partial charge in [0.1, 0.15) is 0 Å². The van der Waals surface area contributed by atoms with Crippen molar-refractivity contribution < 1.29 is 19.1 Å². The molecule has 0 saturated carbocycles. The molecule has 0 radical (unpaired) electrons. The molecule has 0 aromatic heterocycles. The van der Waals surface area contributed by atoms with Gasteiger partial charge in [0, 0.05) is 20.6 Å². The average molecular weight is 232 g/mol. The van der Waals surface area contributed by atoms with Crippen LogP contribution in [0.5, 0.6) is 0 Å². The Kier molecular flexibility index (Phi) is 6.67. The Hall–Kier alpha value is -1.14. The Morgan fingerprint density at radius 3 is 1.94 bits per heavy atom. The number of carbonyl (C=O) groups excluding carboxylic acids is 2. The van der Waals surface area contributed by atoms with Gasteiger partial charge in [-0.15, -0.1) is 0 Å². The van der Waals surface area contributed by atoms with Crippen molar-refractivity contribution in [3.8, 4) is 0 Å².